The monoisotopic (exact) mass is 134 g/mol. The lowest BCUT2D eigenvalue weighted by atomic mass is 10.3. The molecule has 0 saturated carbocycles. The molecule has 1 aromatic heterocycles. The Bertz CT molecular complexity index is 254. The van der Waals surface area contributed by atoms with Crippen LogP contribution in [0.25, 0.3) is 0 Å². The van der Waals surface area contributed by atoms with Crippen LogP contribution < -0.4 is 0 Å². The largest absolute Gasteiger partial charge is 0.258 e. The average Bonchev–Trinajstić information content (AvgIpc) is 2.34. The van der Waals surface area contributed by atoms with Crippen LogP contribution in [0.5, 0.6) is 0 Å². The zero-order chi connectivity index (χ0) is 7.56. The van der Waals surface area contributed by atoms with Gasteiger partial charge in [0.2, 0.25) is 0 Å². The maximum atomic E-state index is 5.20. The van der Waals surface area contributed by atoms with E-state index in [2.05, 4.69) is 11.0 Å². The topological polar surface area (TPSA) is 17.8 Å². The van der Waals surface area contributed by atoms with E-state index >= 15 is 0 Å². The van der Waals surface area contributed by atoms with Gasteiger partial charge in [0.1, 0.15) is 6.04 Å². The first-order valence-electron chi connectivity index (χ1n) is 3.21. The van der Waals surface area contributed by atoms with E-state index in [1.54, 1.807) is 10.9 Å². The van der Waals surface area contributed by atoms with Gasteiger partial charge in [0.15, 0.2) is 0 Å². The van der Waals surface area contributed by atoms with Crippen molar-refractivity contribution < 1.29 is 0 Å². The first-order chi connectivity index (χ1) is 4.74. The van der Waals surface area contributed by atoms with Crippen LogP contribution in [-0.4, -0.2) is 9.78 Å². The number of hydrogen-bond acceptors (Lipinski definition) is 1. The van der Waals surface area contributed by atoms with Crippen molar-refractivity contribution in [2.45, 2.75) is 19.9 Å². The fraction of sp³-hybridized carbons (Fsp3) is 0.375. The van der Waals surface area contributed by atoms with E-state index in [4.69, 9.17) is 6.42 Å². The fourth-order valence-electron chi connectivity index (χ4n) is 0.721. The summed E-state index contributed by atoms with van der Waals surface area (Å²) in [6, 6.07) is 0.0636. The molecule has 2 nitrogen and oxygen atoms in total. The molecule has 0 spiro atoms. The molecule has 10 heavy (non-hydrogen) atoms. The highest BCUT2D eigenvalue weighted by molar-refractivity contribution is 5.04. The summed E-state index contributed by atoms with van der Waals surface area (Å²) < 4.78 is 1.77. The lowest BCUT2D eigenvalue weighted by Crippen LogP contribution is -2.01. The molecule has 1 atom stereocenters. The molecular formula is C8H10N2. The van der Waals surface area contributed by atoms with Crippen LogP contribution in [0.3, 0.4) is 0 Å². The molecule has 0 saturated heterocycles. The van der Waals surface area contributed by atoms with E-state index in [1.807, 2.05) is 20.0 Å². The standard InChI is InChI=1S/C8H10N2/c1-4-8(3)10-6-7(2)5-9-10/h1,5-6,8H,2-3H3. The minimum Gasteiger partial charge on any atom is -0.258 e. The van der Waals surface area contributed by atoms with Gasteiger partial charge in [-0.2, -0.15) is 5.10 Å². The van der Waals surface area contributed by atoms with Crippen molar-refractivity contribution in [1.29, 1.82) is 0 Å². The summed E-state index contributed by atoms with van der Waals surface area (Å²) >= 11 is 0. The Morgan fingerprint density at radius 1 is 1.80 bits per heavy atom. The van der Waals surface area contributed by atoms with Crippen molar-refractivity contribution in [2.24, 2.45) is 0 Å². The van der Waals surface area contributed by atoms with Gasteiger partial charge in [0.05, 0.1) is 6.20 Å². The van der Waals surface area contributed by atoms with Crippen LogP contribution >= 0.6 is 0 Å². The number of aromatic nitrogens is 2. The maximum Gasteiger partial charge on any atom is 0.109 e. The summed E-state index contributed by atoms with van der Waals surface area (Å²) in [4.78, 5) is 0. The van der Waals surface area contributed by atoms with E-state index in [0.717, 1.165) is 5.56 Å². The molecule has 0 fully saturated rings. The second-order valence-electron chi connectivity index (χ2n) is 2.34. The van der Waals surface area contributed by atoms with Crippen LogP contribution in [-0.2, 0) is 0 Å². The van der Waals surface area contributed by atoms with Crippen LogP contribution in [0.1, 0.15) is 18.5 Å². The molecule has 0 aliphatic carbocycles. The first kappa shape index (κ1) is 6.88. The lowest BCUT2D eigenvalue weighted by molar-refractivity contribution is 0.597. The Balaban J connectivity index is 2.87. The molecule has 0 aromatic carbocycles. The van der Waals surface area contributed by atoms with Gasteiger partial charge in [-0.3, -0.25) is 4.68 Å². The van der Waals surface area contributed by atoms with Crippen molar-refractivity contribution in [3.63, 3.8) is 0 Å². The molecule has 1 rings (SSSR count). The summed E-state index contributed by atoms with van der Waals surface area (Å²) in [6.07, 6.45) is 8.94. The van der Waals surface area contributed by atoms with Crippen LogP contribution in [0.2, 0.25) is 0 Å². The summed E-state index contributed by atoms with van der Waals surface area (Å²) in [5.74, 6) is 2.60. The SMILES string of the molecule is C#CC(C)n1cc(C)cn1. The molecule has 52 valence electrons. The third-order valence-corrected chi connectivity index (χ3v) is 1.37. The van der Waals surface area contributed by atoms with Gasteiger partial charge < -0.3 is 0 Å². The van der Waals surface area contributed by atoms with Crippen molar-refractivity contribution in [3.8, 4) is 12.3 Å². The second-order valence-corrected chi connectivity index (χ2v) is 2.34. The highest BCUT2D eigenvalue weighted by atomic mass is 15.3. The highest BCUT2D eigenvalue weighted by Crippen LogP contribution is 2.02. The average molecular weight is 134 g/mol. The zero-order valence-corrected chi connectivity index (χ0v) is 6.20. The Morgan fingerprint density at radius 3 is 2.90 bits per heavy atom. The van der Waals surface area contributed by atoms with Crippen LogP contribution in [0.4, 0.5) is 0 Å². The predicted octanol–water partition coefficient (Wildman–Crippen LogP) is 1.39. The number of rotatable bonds is 1. The van der Waals surface area contributed by atoms with Gasteiger partial charge in [-0.25, -0.2) is 0 Å². The Labute approximate surface area is 60.9 Å². The minimum atomic E-state index is 0.0636. The van der Waals surface area contributed by atoms with Crippen molar-refractivity contribution in [2.75, 3.05) is 0 Å². The number of aryl methyl sites for hydroxylation is 1. The number of nitrogens with zero attached hydrogens (tertiary/aromatic N) is 2. The normalized spacial score (nSPS) is 12.5. The van der Waals surface area contributed by atoms with Gasteiger partial charge in [-0.1, -0.05) is 5.92 Å². The second kappa shape index (κ2) is 2.57. The maximum absolute atomic E-state index is 5.20. The van der Waals surface area contributed by atoms with Crippen molar-refractivity contribution in [1.82, 2.24) is 9.78 Å². The van der Waals surface area contributed by atoms with E-state index < -0.39 is 0 Å². The van der Waals surface area contributed by atoms with Crippen LogP contribution in [0.15, 0.2) is 12.4 Å². The molecule has 0 bridgehead atoms. The van der Waals surface area contributed by atoms with Gasteiger partial charge in [-0.15, -0.1) is 6.42 Å². The molecule has 0 radical (unpaired) electrons. The van der Waals surface area contributed by atoms with Crippen molar-refractivity contribution in [3.05, 3.63) is 18.0 Å². The molecule has 2 heteroatoms. The Morgan fingerprint density at radius 2 is 2.50 bits per heavy atom. The molecule has 0 aliphatic rings. The summed E-state index contributed by atoms with van der Waals surface area (Å²) in [5.41, 5.74) is 1.14. The van der Waals surface area contributed by atoms with E-state index in [0.29, 0.717) is 0 Å². The molecule has 0 aliphatic heterocycles. The third kappa shape index (κ3) is 1.19. The van der Waals surface area contributed by atoms with Gasteiger partial charge in [0.25, 0.3) is 0 Å². The Hall–Kier alpha value is -1.23. The number of hydrogen-bond donors (Lipinski definition) is 0. The molecule has 1 heterocycles. The third-order valence-electron chi connectivity index (χ3n) is 1.37. The summed E-state index contributed by atoms with van der Waals surface area (Å²) in [7, 11) is 0. The van der Waals surface area contributed by atoms with Gasteiger partial charge in [-0.05, 0) is 19.4 Å². The minimum absolute atomic E-state index is 0.0636. The quantitative estimate of drug-likeness (QED) is 0.531. The lowest BCUT2D eigenvalue weighted by Gasteiger charge is -2.01. The molecule has 1 unspecified atom stereocenters. The van der Waals surface area contributed by atoms with Gasteiger partial charge in [0, 0.05) is 6.20 Å². The summed E-state index contributed by atoms with van der Waals surface area (Å²) in [6.45, 7) is 3.93. The molecule has 1 aromatic rings. The fourth-order valence-corrected chi connectivity index (χ4v) is 0.721. The molecular weight excluding hydrogens is 124 g/mol. The Kier molecular flexibility index (Phi) is 1.77. The molecule has 0 N–H and O–H groups in total. The van der Waals surface area contributed by atoms with E-state index in [9.17, 15) is 0 Å². The highest BCUT2D eigenvalue weighted by Gasteiger charge is 1.98. The number of terminal acetylenes is 1. The first-order valence-corrected chi connectivity index (χ1v) is 3.21. The predicted molar refractivity (Wildman–Crippen MR) is 40.5 cm³/mol. The van der Waals surface area contributed by atoms with E-state index in [-0.39, 0.29) is 6.04 Å². The summed E-state index contributed by atoms with van der Waals surface area (Å²) in [5, 5.41) is 4.06. The zero-order valence-electron chi connectivity index (χ0n) is 6.20. The van der Waals surface area contributed by atoms with Crippen LogP contribution in [0, 0.1) is 19.3 Å². The van der Waals surface area contributed by atoms with Gasteiger partial charge >= 0.3 is 0 Å². The smallest absolute Gasteiger partial charge is 0.109 e. The van der Waals surface area contributed by atoms with E-state index in [1.165, 1.54) is 0 Å². The van der Waals surface area contributed by atoms with Crippen molar-refractivity contribution >= 4 is 0 Å². The molecule has 0 amide bonds.